The predicted octanol–water partition coefficient (Wildman–Crippen LogP) is 3.31. The molecule has 0 aliphatic heterocycles. The quantitative estimate of drug-likeness (QED) is 0.826. The van der Waals surface area contributed by atoms with Gasteiger partial charge in [-0.3, -0.25) is 4.79 Å². The van der Waals surface area contributed by atoms with Gasteiger partial charge in [-0.2, -0.15) is 0 Å². The van der Waals surface area contributed by atoms with Crippen LogP contribution in [-0.4, -0.2) is 26.4 Å². The molecule has 0 spiro atoms. The normalized spacial score (nSPS) is 11.8. The summed E-state index contributed by atoms with van der Waals surface area (Å²) in [7, 11) is -3.62. The Kier molecular flexibility index (Phi) is 5.91. The number of hydrogen-bond donors (Lipinski definition) is 1. The maximum Gasteiger partial charge on any atom is 0.573 e. The number of carbonyl (C=O) groups excluding carboxylic acids is 1. The molecule has 0 aromatic heterocycles. The molecule has 1 N–H and O–H groups in total. The van der Waals surface area contributed by atoms with Crippen molar-refractivity contribution in [2.24, 2.45) is 0 Å². The Morgan fingerprint density at radius 2 is 1.69 bits per heavy atom. The van der Waals surface area contributed by atoms with Gasteiger partial charge in [-0.05, 0) is 18.2 Å². The van der Waals surface area contributed by atoms with Gasteiger partial charge < -0.3 is 10.1 Å². The van der Waals surface area contributed by atoms with E-state index in [0.717, 1.165) is 6.07 Å². The number of nitrogens with one attached hydrogen (secondary N) is 1. The highest BCUT2D eigenvalue weighted by molar-refractivity contribution is 7.91. The Hall–Kier alpha value is -2.55. The second kappa shape index (κ2) is 7.77. The molecule has 0 fully saturated rings. The van der Waals surface area contributed by atoms with E-state index in [1.54, 1.807) is 0 Å². The van der Waals surface area contributed by atoms with Crippen LogP contribution in [-0.2, 0) is 16.4 Å². The lowest BCUT2D eigenvalue weighted by Gasteiger charge is -2.14. The second-order valence-electron chi connectivity index (χ2n) is 5.24. The van der Waals surface area contributed by atoms with E-state index in [4.69, 9.17) is 0 Å². The number of halogens is 3. The van der Waals surface area contributed by atoms with Crippen LogP contribution in [0.15, 0.2) is 53.4 Å². The summed E-state index contributed by atoms with van der Waals surface area (Å²) in [6, 6.07) is 11.0. The van der Waals surface area contributed by atoms with Gasteiger partial charge in [-0.25, -0.2) is 8.42 Å². The molecule has 0 bridgehead atoms. The molecule has 0 aliphatic carbocycles. The molecular formula is C17H16F3NO4S. The average Bonchev–Trinajstić information content (AvgIpc) is 2.59. The van der Waals surface area contributed by atoms with Gasteiger partial charge >= 0.3 is 6.36 Å². The first-order chi connectivity index (χ1) is 12.1. The summed E-state index contributed by atoms with van der Waals surface area (Å²) in [5, 5.41) is 2.43. The van der Waals surface area contributed by atoms with E-state index >= 15 is 0 Å². The highest BCUT2D eigenvalue weighted by Gasteiger charge is 2.32. The van der Waals surface area contributed by atoms with Crippen molar-refractivity contribution in [1.29, 1.82) is 0 Å². The molecular weight excluding hydrogens is 371 g/mol. The third-order valence-electron chi connectivity index (χ3n) is 3.48. The minimum atomic E-state index is -4.86. The molecule has 0 aliphatic rings. The van der Waals surface area contributed by atoms with Crippen molar-refractivity contribution in [1.82, 2.24) is 5.32 Å². The Bertz CT molecular complexity index is 895. The van der Waals surface area contributed by atoms with Gasteiger partial charge in [0.25, 0.3) is 5.91 Å². The van der Waals surface area contributed by atoms with E-state index in [2.05, 4.69) is 10.1 Å². The van der Waals surface area contributed by atoms with Gasteiger partial charge in [-0.1, -0.05) is 37.3 Å². The zero-order valence-electron chi connectivity index (χ0n) is 13.7. The number of benzene rings is 2. The van der Waals surface area contributed by atoms with Crippen molar-refractivity contribution in [3.63, 3.8) is 0 Å². The fourth-order valence-electron chi connectivity index (χ4n) is 2.23. The topological polar surface area (TPSA) is 72.5 Å². The van der Waals surface area contributed by atoms with Crippen LogP contribution < -0.4 is 10.1 Å². The third kappa shape index (κ3) is 4.98. The monoisotopic (exact) mass is 387 g/mol. The Morgan fingerprint density at radius 1 is 1.08 bits per heavy atom. The van der Waals surface area contributed by atoms with Crippen LogP contribution in [0.2, 0.25) is 0 Å². The van der Waals surface area contributed by atoms with Crippen LogP contribution in [0, 0.1) is 0 Å². The smallest absolute Gasteiger partial charge is 0.405 e. The number of hydrogen-bond acceptors (Lipinski definition) is 4. The lowest BCUT2D eigenvalue weighted by atomic mass is 10.1. The zero-order chi connectivity index (χ0) is 19.4. The molecule has 2 rings (SSSR count). The molecule has 0 radical (unpaired) electrons. The van der Waals surface area contributed by atoms with Crippen molar-refractivity contribution < 1.29 is 31.1 Å². The van der Waals surface area contributed by atoms with E-state index < -0.39 is 27.9 Å². The largest absolute Gasteiger partial charge is 0.573 e. The van der Waals surface area contributed by atoms with E-state index in [-0.39, 0.29) is 28.3 Å². The van der Waals surface area contributed by atoms with Gasteiger partial charge in [0.05, 0.1) is 16.2 Å². The first-order valence-corrected chi connectivity index (χ1v) is 9.23. The zero-order valence-corrected chi connectivity index (χ0v) is 14.5. The molecule has 0 heterocycles. The van der Waals surface area contributed by atoms with Crippen molar-refractivity contribution in [3.8, 4) is 5.75 Å². The van der Waals surface area contributed by atoms with Crippen LogP contribution in [0.3, 0.4) is 0 Å². The summed E-state index contributed by atoms with van der Waals surface area (Å²) >= 11 is 0. The van der Waals surface area contributed by atoms with Crippen molar-refractivity contribution in [2.75, 3.05) is 5.75 Å². The van der Waals surface area contributed by atoms with Crippen LogP contribution in [0.4, 0.5) is 13.2 Å². The molecule has 0 saturated carbocycles. The van der Waals surface area contributed by atoms with Crippen LogP contribution in [0.25, 0.3) is 0 Å². The molecule has 5 nitrogen and oxygen atoms in total. The Labute approximate surface area is 148 Å². The van der Waals surface area contributed by atoms with Gasteiger partial charge in [0, 0.05) is 12.1 Å². The highest BCUT2D eigenvalue weighted by atomic mass is 32.2. The molecule has 2 aromatic rings. The number of alkyl halides is 3. The fourth-order valence-corrected chi connectivity index (χ4v) is 3.32. The van der Waals surface area contributed by atoms with Gasteiger partial charge in [0.15, 0.2) is 9.84 Å². The summed E-state index contributed by atoms with van der Waals surface area (Å²) < 4.78 is 65.4. The maximum atomic E-state index is 12.4. The highest BCUT2D eigenvalue weighted by Crippen LogP contribution is 2.26. The van der Waals surface area contributed by atoms with Crippen LogP contribution in [0.1, 0.15) is 22.8 Å². The Balaban J connectivity index is 2.21. The first kappa shape index (κ1) is 19.8. The molecule has 26 heavy (non-hydrogen) atoms. The summed E-state index contributed by atoms with van der Waals surface area (Å²) in [5.41, 5.74) is 0.0394. The number of sulfone groups is 1. The van der Waals surface area contributed by atoms with E-state index in [1.807, 2.05) is 0 Å². The Morgan fingerprint density at radius 3 is 2.35 bits per heavy atom. The van der Waals surface area contributed by atoms with Gasteiger partial charge in [0.1, 0.15) is 5.75 Å². The second-order valence-corrected chi connectivity index (χ2v) is 7.48. The standard InChI is InChI=1S/C17H16F3NO4S/c1-2-26(23,24)15-10-6-4-8-13(15)16(22)21-11-12-7-3-5-9-14(12)25-17(18,19)20/h3-10H,2,11H2,1H3,(H,21,22). The lowest BCUT2D eigenvalue weighted by molar-refractivity contribution is -0.274. The summed E-state index contributed by atoms with van der Waals surface area (Å²) in [5.74, 6) is -1.33. The molecule has 0 saturated heterocycles. The summed E-state index contributed by atoms with van der Waals surface area (Å²) in [6.45, 7) is 1.19. The number of rotatable bonds is 6. The molecule has 0 unspecified atom stereocenters. The van der Waals surface area contributed by atoms with E-state index in [9.17, 15) is 26.4 Å². The molecule has 2 aromatic carbocycles. The average molecular weight is 387 g/mol. The minimum absolute atomic E-state index is 0.0661. The van der Waals surface area contributed by atoms with Crippen LogP contribution in [0.5, 0.6) is 5.75 Å². The summed E-state index contributed by atoms with van der Waals surface area (Å²) in [4.78, 5) is 12.2. The van der Waals surface area contributed by atoms with Gasteiger partial charge in [0.2, 0.25) is 0 Å². The number of ether oxygens (including phenoxy) is 1. The predicted molar refractivity (Wildman–Crippen MR) is 88.5 cm³/mol. The van der Waals surface area contributed by atoms with Crippen molar-refractivity contribution in [2.45, 2.75) is 24.7 Å². The molecule has 0 atom stereocenters. The van der Waals surface area contributed by atoms with Crippen molar-refractivity contribution in [3.05, 3.63) is 59.7 Å². The third-order valence-corrected chi connectivity index (χ3v) is 5.27. The molecule has 1 amide bonds. The van der Waals surface area contributed by atoms with E-state index in [1.165, 1.54) is 49.4 Å². The van der Waals surface area contributed by atoms with Crippen LogP contribution >= 0.6 is 0 Å². The minimum Gasteiger partial charge on any atom is -0.405 e. The van der Waals surface area contributed by atoms with Gasteiger partial charge in [-0.15, -0.1) is 13.2 Å². The summed E-state index contributed by atoms with van der Waals surface area (Å²) in [6.07, 6.45) is -4.86. The number of para-hydroxylation sites is 1. The molecule has 140 valence electrons. The maximum absolute atomic E-state index is 12.4. The number of carbonyl (C=O) groups is 1. The van der Waals surface area contributed by atoms with E-state index in [0.29, 0.717) is 0 Å². The fraction of sp³-hybridized carbons (Fsp3) is 0.235. The number of amides is 1. The first-order valence-electron chi connectivity index (χ1n) is 7.57. The SMILES string of the molecule is CCS(=O)(=O)c1ccccc1C(=O)NCc1ccccc1OC(F)(F)F. The molecule has 9 heteroatoms. The van der Waals surface area contributed by atoms with Crippen molar-refractivity contribution >= 4 is 15.7 Å². The lowest BCUT2D eigenvalue weighted by Crippen LogP contribution is -2.26.